The van der Waals surface area contributed by atoms with Crippen molar-refractivity contribution >= 4 is 34.8 Å². The van der Waals surface area contributed by atoms with E-state index in [4.69, 9.17) is 32.7 Å². The highest BCUT2D eigenvalue weighted by Crippen LogP contribution is 2.28. The molecule has 5 heteroatoms. The molecule has 0 N–H and O–H groups in total. The average molecular weight is 384 g/mol. The Labute approximate surface area is 162 Å². The van der Waals surface area contributed by atoms with Gasteiger partial charge < -0.3 is 9.47 Å². The molecule has 0 spiro atoms. The molecule has 0 saturated carbocycles. The van der Waals surface area contributed by atoms with Gasteiger partial charge in [0.15, 0.2) is 0 Å². The topological polar surface area (TPSA) is 30.8 Å². The normalized spacial score (nSPS) is 11.5. The maximum absolute atomic E-state index is 6.18. The van der Waals surface area contributed by atoms with Gasteiger partial charge in [0, 0.05) is 17.2 Å². The smallest absolute Gasteiger partial charge is 0.222 e. The molecule has 0 aliphatic carbocycles. The van der Waals surface area contributed by atoms with Crippen molar-refractivity contribution in [2.24, 2.45) is 4.99 Å². The van der Waals surface area contributed by atoms with Crippen LogP contribution in [0.3, 0.4) is 0 Å². The number of halogens is 2. The van der Waals surface area contributed by atoms with E-state index in [0.717, 1.165) is 5.69 Å². The third kappa shape index (κ3) is 5.38. The summed E-state index contributed by atoms with van der Waals surface area (Å²) in [5.74, 6) is 1.44. The van der Waals surface area contributed by atoms with Crippen molar-refractivity contribution in [3.63, 3.8) is 0 Å². The summed E-state index contributed by atoms with van der Waals surface area (Å²) in [6.07, 6.45) is 3.13. The molecule has 0 radical (unpaired) electrons. The number of para-hydroxylation sites is 2. The van der Waals surface area contributed by atoms with Crippen molar-refractivity contribution in [1.82, 2.24) is 0 Å². The predicted octanol–water partition coefficient (Wildman–Crippen LogP) is 6.70. The standard InChI is InChI=1S/C21H15Cl2NO2/c22-16-11-12-19(23)20(15-16)26-21(24-17-7-3-1-4-8-17)13-14-25-18-9-5-2-6-10-18/h1-15H. The van der Waals surface area contributed by atoms with Crippen molar-refractivity contribution in [3.8, 4) is 11.5 Å². The van der Waals surface area contributed by atoms with Crippen LogP contribution in [0.5, 0.6) is 11.5 Å². The fraction of sp³-hybridized carbons (Fsp3) is 0. The Hall–Kier alpha value is -2.75. The van der Waals surface area contributed by atoms with E-state index < -0.39 is 0 Å². The van der Waals surface area contributed by atoms with Crippen molar-refractivity contribution in [3.05, 3.63) is 101 Å². The molecule has 0 aliphatic rings. The lowest BCUT2D eigenvalue weighted by Crippen LogP contribution is -2.05. The summed E-state index contributed by atoms with van der Waals surface area (Å²) in [5.41, 5.74) is 0.741. The van der Waals surface area contributed by atoms with Crippen molar-refractivity contribution < 1.29 is 9.47 Å². The first-order chi connectivity index (χ1) is 12.7. The number of ether oxygens (including phenoxy) is 2. The molecular weight excluding hydrogens is 369 g/mol. The van der Waals surface area contributed by atoms with Gasteiger partial charge in [-0.15, -0.1) is 0 Å². The summed E-state index contributed by atoms with van der Waals surface area (Å²) in [7, 11) is 0. The summed E-state index contributed by atoms with van der Waals surface area (Å²) in [4.78, 5) is 4.48. The number of hydrogen-bond donors (Lipinski definition) is 0. The van der Waals surface area contributed by atoms with E-state index in [1.807, 2.05) is 60.7 Å². The minimum atomic E-state index is 0.316. The lowest BCUT2D eigenvalue weighted by atomic mass is 10.3. The minimum absolute atomic E-state index is 0.316. The van der Waals surface area contributed by atoms with Gasteiger partial charge in [-0.05, 0) is 36.4 Å². The van der Waals surface area contributed by atoms with Crippen LogP contribution >= 0.6 is 23.2 Å². The van der Waals surface area contributed by atoms with E-state index in [1.54, 1.807) is 24.3 Å². The Morgan fingerprint density at radius 2 is 1.54 bits per heavy atom. The van der Waals surface area contributed by atoms with Crippen LogP contribution in [0.25, 0.3) is 0 Å². The molecule has 0 atom stereocenters. The molecule has 3 rings (SSSR count). The summed E-state index contributed by atoms with van der Waals surface area (Å²) < 4.78 is 11.4. The number of nitrogens with zero attached hydrogens (tertiary/aromatic N) is 1. The van der Waals surface area contributed by atoms with Gasteiger partial charge in [0.1, 0.15) is 11.5 Å². The second-order valence-electron chi connectivity index (χ2n) is 5.20. The van der Waals surface area contributed by atoms with E-state index in [-0.39, 0.29) is 0 Å². The maximum Gasteiger partial charge on any atom is 0.222 e. The highest BCUT2D eigenvalue weighted by atomic mass is 35.5. The van der Waals surface area contributed by atoms with Crippen LogP contribution in [0.4, 0.5) is 5.69 Å². The van der Waals surface area contributed by atoms with E-state index in [1.165, 1.54) is 6.26 Å². The highest BCUT2D eigenvalue weighted by molar-refractivity contribution is 6.34. The Morgan fingerprint density at radius 3 is 2.27 bits per heavy atom. The quantitative estimate of drug-likeness (QED) is 0.279. The summed E-state index contributed by atoms with van der Waals surface area (Å²) >= 11 is 12.2. The predicted molar refractivity (Wildman–Crippen MR) is 107 cm³/mol. The van der Waals surface area contributed by atoms with Crippen LogP contribution in [0, 0.1) is 0 Å². The number of rotatable bonds is 5. The molecule has 0 bridgehead atoms. The molecule has 0 fully saturated rings. The highest BCUT2D eigenvalue weighted by Gasteiger charge is 2.06. The fourth-order valence-corrected chi connectivity index (χ4v) is 2.38. The number of aliphatic imine (C=N–C) groups is 1. The third-order valence-electron chi connectivity index (χ3n) is 3.26. The number of benzene rings is 3. The average Bonchev–Trinajstić information content (AvgIpc) is 2.66. The van der Waals surface area contributed by atoms with Gasteiger partial charge in [-0.1, -0.05) is 59.6 Å². The molecule has 0 heterocycles. The summed E-state index contributed by atoms with van der Waals surface area (Å²) in [5, 5.41) is 0.959. The second-order valence-corrected chi connectivity index (χ2v) is 6.04. The number of hydrogen-bond acceptors (Lipinski definition) is 3. The zero-order valence-electron chi connectivity index (χ0n) is 13.7. The van der Waals surface area contributed by atoms with Crippen LogP contribution < -0.4 is 9.47 Å². The maximum atomic E-state index is 6.18. The van der Waals surface area contributed by atoms with Gasteiger partial charge in [0.05, 0.1) is 17.0 Å². The van der Waals surface area contributed by atoms with E-state index in [0.29, 0.717) is 27.4 Å². The van der Waals surface area contributed by atoms with Crippen LogP contribution in [0.1, 0.15) is 0 Å². The molecule has 3 aromatic carbocycles. The molecule has 26 heavy (non-hydrogen) atoms. The Bertz CT molecular complexity index is 910. The molecule has 3 nitrogen and oxygen atoms in total. The molecule has 0 aliphatic heterocycles. The zero-order chi connectivity index (χ0) is 18.2. The fourth-order valence-electron chi connectivity index (χ4n) is 2.06. The first-order valence-electron chi connectivity index (χ1n) is 7.85. The van der Waals surface area contributed by atoms with Crippen LogP contribution in [0.2, 0.25) is 10.0 Å². The Kier molecular flexibility index (Phi) is 6.31. The molecule has 130 valence electrons. The summed E-state index contributed by atoms with van der Waals surface area (Å²) in [6, 6.07) is 23.9. The zero-order valence-corrected chi connectivity index (χ0v) is 15.2. The first kappa shape index (κ1) is 18.1. The van der Waals surface area contributed by atoms with E-state index in [2.05, 4.69) is 4.99 Å². The van der Waals surface area contributed by atoms with Crippen molar-refractivity contribution in [2.45, 2.75) is 0 Å². The lowest BCUT2D eigenvalue weighted by Gasteiger charge is -2.08. The first-order valence-corrected chi connectivity index (χ1v) is 8.61. The summed E-state index contributed by atoms with van der Waals surface area (Å²) in [6.45, 7) is 0. The van der Waals surface area contributed by atoms with Crippen LogP contribution in [-0.2, 0) is 0 Å². The largest absolute Gasteiger partial charge is 0.465 e. The Morgan fingerprint density at radius 1 is 0.846 bits per heavy atom. The molecule has 0 saturated heterocycles. The van der Waals surface area contributed by atoms with E-state index in [9.17, 15) is 0 Å². The van der Waals surface area contributed by atoms with Gasteiger partial charge >= 0.3 is 0 Å². The molecule has 0 amide bonds. The molecular formula is C21H15Cl2NO2. The van der Waals surface area contributed by atoms with Crippen LogP contribution in [-0.4, -0.2) is 5.90 Å². The van der Waals surface area contributed by atoms with E-state index >= 15 is 0 Å². The van der Waals surface area contributed by atoms with Crippen molar-refractivity contribution in [1.29, 1.82) is 0 Å². The lowest BCUT2D eigenvalue weighted by molar-refractivity contribution is 0.479. The molecule has 0 unspecified atom stereocenters. The van der Waals surface area contributed by atoms with Gasteiger partial charge in [-0.2, -0.15) is 0 Å². The molecule has 3 aromatic rings. The molecule has 0 aromatic heterocycles. The van der Waals surface area contributed by atoms with Gasteiger partial charge in [-0.25, -0.2) is 4.99 Å². The Balaban J connectivity index is 1.84. The SMILES string of the molecule is Clc1ccc(Cl)c(OC(C=COc2ccccc2)=Nc2ccccc2)c1. The monoisotopic (exact) mass is 383 g/mol. The third-order valence-corrected chi connectivity index (χ3v) is 3.81. The van der Waals surface area contributed by atoms with Gasteiger partial charge in [-0.3, -0.25) is 0 Å². The second kappa shape index (κ2) is 9.09. The minimum Gasteiger partial charge on any atom is -0.465 e. The van der Waals surface area contributed by atoms with Crippen molar-refractivity contribution in [2.75, 3.05) is 0 Å². The van der Waals surface area contributed by atoms with Gasteiger partial charge in [0.2, 0.25) is 5.90 Å². The van der Waals surface area contributed by atoms with Crippen LogP contribution in [0.15, 0.2) is 96.2 Å². The van der Waals surface area contributed by atoms with Gasteiger partial charge in [0.25, 0.3) is 0 Å².